The molecule has 0 aliphatic rings. The van der Waals surface area contributed by atoms with Gasteiger partial charge in [0.05, 0.1) is 6.10 Å². The minimum Gasteiger partial charge on any atom is -0.392 e. The summed E-state index contributed by atoms with van der Waals surface area (Å²) >= 11 is 0. The van der Waals surface area contributed by atoms with Gasteiger partial charge >= 0.3 is 0 Å². The van der Waals surface area contributed by atoms with E-state index in [2.05, 4.69) is 29.8 Å². The molecule has 0 saturated heterocycles. The summed E-state index contributed by atoms with van der Waals surface area (Å²) in [5, 5.41) is 20.3. The van der Waals surface area contributed by atoms with Gasteiger partial charge in [0.1, 0.15) is 0 Å². The molecule has 2 unspecified atom stereocenters. The second-order valence-corrected chi connectivity index (χ2v) is 7.93. The first-order chi connectivity index (χ1) is 12.7. The topological polar surface area (TPSA) is 56.3 Å². The third-order valence-electron chi connectivity index (χ3n) is 5.28. The Balaban J connectivity index is 3.31. The maximum absolute atomic E-state index is 10.3. The Morgan fingerprint density at radius 1 is 0.692 bits per heavy atom. The highest BCUT2D eigenvalue weighted by Gasteiger charge is 2.13. The van der Waals surface area contributed by atoms with Crippen LogP contribution < -0.4 is 16.0 Å². The molecule has 26 heavy (non-hydrogen) atoms. The molecule has 0 aromatic heterocycles. The van der Waals surface area contributed by atoms with Crippen molar-refractivity contribution >= 4 is 0 Å². The summed E-state index contributed by atoms with van der Waals surface area (Å²) in [6.45, 7) is 9.45. The molecule has 0 aromatic carbocycles. The van der Waals surface area contributed by atoms with Gasteiger partial charge in [-0.15, -0.1) is 0 Å². The number of aliphatic hydroxyl groups excluding tert-OH is 1. The molecular weight excluding hydrogens is 322 g/mol. The Morgan fingerprint density at radius 3 is 1.92 bits per heavy atom. The van der Waals surface area contributed by atoms with Gasteiger partial charge in [-0.05, 0) is 45.3 Å². The van der Waals surface area contributed by atoms with Crippen molar-refractivity contribution in [2.75, 3.05) is 39.8 Å². The number of nitrogens with one attached hydrogen (secondary N) is 3. The molecule has 0 aliphatic carbocycles. The maximum Gasteiger partial charge on any atom is 0.0690 e. The number of hydrogen-bond acceptors (Lipinski definition) is 4. The van der Waals surface area contributed by atoms with Crippen molar-refractivity contribution in [3.05, 3.63) is 0 Å². The third kappa shape index (κ3) is 18.6. The Bertz CT molecular complexity index is 264. The zero-order chi connectivity index (χ0) is 19.3. The lowest BCUT2D eigenvalue weighted by Crippen LogP contribution is -2.32. The van der Waals surface area contributed by atoms with E-state index in [-0.39, 0.29) is 6.10 Å². The molecular formula is C22H49N3O. The largest absolute Gasteiger partial charge is 0.392 e. The van der Waals surface area contributed by atoms with Gasteiger partial charge in [-0.2, -0.15) is 0 Å². The second kappa shape index (κ2) is 21.1. The van der Waals surface area contributed by atoms with Crippen LogP contribution >= 0.6 is 0 Å². The van der Waals surface area contributed by atoms with Crippen molar-refractivity contribution in [1.29, 1.82) is 0 Å². The van der Waals surface area contributed by atoms with Crippen LogP contribution in [0.5, 0.6) is 0 Å². The average molecular weight is 372 g/mol. The van der Waals surface area contributed by atoms with Crippen LogP contribution in [0.4, 0.5) is 0 Å². The lowest BCUT2D eigenvalue weighted by Gasteiger charge is -2.19. The average Bonchev–Trinajstić information content (AvgIpc) is 2.65. The molecule has 4 heteroatoms. The van der Waals surface area contributed by atoms with Crippen molar-refractivity contribution < 1.29 is 5.11 Å². The van der Waals surface area contributed by atoms with Crippen LogP contribution in [-0.2, 0) is 0 Å². The predicted molar refractivity (Wildman–Crippen MR) is 116 cm³/mol. The van der Waals surface area contributed by atoms with Gasteiger partial charge in [0, 0.05) is 19.6 Å². The molecule has 0 aromatic rings. The molecule has 4 nitrogen and oxygen atoms in total. The Hall–Kier alpha value is -0.160. The van der Waals surface area contributed by atoms with Gasteiger partial charge in [0.25, 0.3) is 0 Å². The van der Waals surface area contributed by atoms with Crippen LogP contribution in [0.25, 0.3) is 0 Å². The summed E-state index contributed by atoms with van der Waals surface area (Å²) in [4.78, 5) is 0. The van der Waals surface area contributed by atoms with Gasteiger partial charge in [-0.3, -0.25) is 0 Å². The minimum absolute atomic E-state index is 0.192. The quantitative estimate of drug-likeness (QED) is 0.230. The predicted octanol–water partition coefficient (Wildman–Crippen LogP) is 4.08. The summed E-state index contributed by atoms with van der Waals surface area (Å²) in [5.74, 6) is 0.416. The molecule has 0 spiro atoms. The molecule has 0 aliphatic heterocycles. The molecule has 0 bridgehead atoms. The number of aliphatic hydroxyl groups is 1. The maximum atomic E-state index is 10.3. The normalized spacial score (nSPS) is 13.8. The van der Waals surface area contributed by atoms with E-state index in [0.717, 1.165) is 39.1 Å². The van der Waals surface area contributed by atoms with Crippen molar-refractivity contribution in [3.63, 3.8) is 0 Å². The van der Waals surface area contributed by atoms with Crippen LogP contribution in [0.2, 0.25) is 0 Å². The standard InChI is InChI=1S/C22H49N3O/c1-4-5-6-7-8-9-10-12-15-21(2)22(26)20-25-17-14-11-13-16-24-19-18-23-3/h21-26H,4-20H2,1-3H3. The van der Waals surface area contributed by atoms with E-state index in [4.69, 9.17) is 0 Å². The van der Waals surface area contributed by atoms with E-state index in [1.54, 1.807) is 0 Å². The van der Waals surface area contributed by atoms with Crippen LogP contribution in [-0.4, -0.2) is 51.0 Å². The molecule has 0 rings (SSSR count). The summed E-state index contributed by atoms with van der Waals surface area (Å²) in [7, 11) is 1.98. The van der Waals surface area contributed by atoms with Crippen molar-refractivity contribution in [2.24, 2.45) is 5.92 Å². The van der Waals surface area contributed by atoms with E-state index in [1.807, 2.05) is 7.05 Å². The van der Waals surface area contributed by atoms with Gasteiger partial charge < -0.3 is 21.1 Å². The van der Waals surface area contributed by atoms with Crippen molar-refractivity contribution in [3.8, 4) is 0 Å². The highest BCUT2D eigenvalue weighted by molar-refractivity contribution is 4.67. The number of likely N-dealkylation sites (N-methyl/N-ethyl adjacent to an activating group) is 1. The van der Waals surface area contributed by atoms with E-state index in [1.165, 1.54) is 70.6 Å². The molecule has 0 radical (unpaired) electrons. The van der Waals surface area contributed by atoms with Crippen LogP contribution in [0.3, 0.4) is 0 Å². The molecule has 0 saturated carbocycles. The first-order valence-corrected chi connectivity index (χ1v) is 11.5. The fourth-order valence-corrected chi connectivity index (χ4v) is 3.26. The smallest absolute Gasteiger partial charge is 0.0690 e. The zero-order valence-electron chi connectivity index (χ0n) is 18.1. The third-order valence-corrected chi connectivity index (χ3v) is 5.28. The Kier molecular flexibility index (Phi) is 21.0. The van der Waals surface area contributed by atoms with Gasteiger partial charge in [-0.1, -0.05) is 71.6 Å². The second-order valence-electron chi connectivity index (χ2n) is 7.93. The monoisotopic (exact) mass is 371 g/mol. The van der Waals surface area contributed by atoms with E-state index in [0.29, 0.717) is 5.92 Å². The molecule has 4 N–H and O–H groups in total. The fourth-order valence-electron chi connectivity index (χ4n) is 3.26. The van der Waals surface area contributed by atoms with Crippen LogP contribution in [0.15, 0.2) is 0 Å². The lowest BCUT2D eigenvalue weighted by molar-refractivity contribution is 0.109. The lowest BCUT2D eigenvalue weighted by atomic mass is 9.96. The highest BCUT2D eigenvalue weighted by atomic mass is 16.3. The van der Waals surface area contributed by atoms with E-state index < -0.39 is 0 Å². The molecule has 0 heterocycles. The number of rotatable bonds is 21. The summed E-state index contributed by atoms with van der Waals surface area (Å²) in [6.07, 6.45) is 15.6. The van der Waals surface area contributed by atoms with E-state index >= 15 is 0 Å². The zero-order valence-corrected chi connectivity index (χ0v) is 18.1. The van der Waals surface area contributed by atoms with Gasteiger partial charge in [0.2, 0.25) is 0 Å². The summed E-state index contributed by atoms with van der Waals surface area (Å²) < 4.78 is 0. The molecule has 0 fully saturated rings. The molecule has 0 amide bonds. The highest BCUT2D eigenvalue weighted by Crippen LogP contribution is 2.15. The van der Waals surface area contributed by atoms with Crippen molar-refractivity contribution in [1.82, 2.24) is 16.0 Å². The minimum atomic E-state index is -0.192. The molecule has 158 valence electrons. The summed E-state index contributed by atoms with van der Waals surface area (Å²) in [5.41, 5.74) is 0. The first kappa shape index (κ1) is 25.8. The Labute approximate surface area is 164 Å². The molecule has 2 atom stereocenters. The van der Waals surface area contributed by atoms with Gasteiger partial charge in [0.15, 0.2) is 0 Å². The first-order valence-electron chi connectivity index (χ1n) is 11.5. The summed E-state index contributed by atoms with van der Waals surface area (Å²) in [6, 6.07) is 0. The fraction of sp³-hybridized carbons (Fsp3) is 1.00. The Morgan fingerprint density at radius 2 is 1.27 bits per heavy atom. The van der Waals surface area contributed by atoms with Crippen LogP contribution in [0, 0.1) is 5.92 Å². The van der Waals surface area contributed by atoms with Crippen molar-refractivity contribution in [2.45, 2.75) is 97.0 Å². The van der Waals surface area contributed by atoms with Crippen LogP contribution in [0.1, 0.15) is 90.9 Å². The SMILES string of the molecule is CCCCCCCCCCC(C)C(O)CNCCCCCNCCNC. The number of unbranched alkanes of at least 4 members (excludes halogenated alkanes) is 9. The number of hydrogen-bond donors (Lipinski definition) is 4. The van der Waals surface area contributed by atoms with Gasteiger partial charge in [-0.25, -0.2) is 0 Å². The van der Waals surface area contributed by atoms with E-state index in [9.17, 15) is 5.11 Å².